The van der Waals surface area contributed by atoms with E-state index in [0.717, 1.165) is 25.7 Å². The van der Waals surface area contributed by atoms with Gasteiger partial charge in [0.1, 0.15) is 0 Å². The number of carbonyl (C=O) groups excluding carboxylic acids is 2. The molecule has 0 saturated heterocycles. The van der Waals surface area contributed by atoms with Gasteiger partial charge in [-0.1, -0.05) is 19.3 Å². The number of aromatic hydroxyl groups is 1. The summed E-state index contributed by atoms with van der Waals surface area (Å²) in [5.41, 5.74) is 2.95. The van der Waals surface area contributed by atoms with Crippen LogP contribution in [0.4, 0.5) is 0 Å². The van der Waals surface area contributed by atoms with E-state index in [0.29, 0.717) is 11.3 Å². The number of phenols is 1. The summed E-state index contributed by atoms with van der Waals surface area (Å²) >= 11 is 0. The Balaban J connectivity index is 1.74. The number of rotatable bonds is 6. The summed E-state index contributed by atoms with van der Waals surface area (Å²) in [6.45, 7) is -0.0967. The summed E-state index contributed by atoms with van der Waals surface area (Å²) < 4.78 is 4.94. The molecule has 7 heteroatoms. The maximum Gasteiger partial charge on any atom is 0.259 e. The van der Waals surface area contributed by atoms with E-state index in [4.69, 9.17) is 4.74 Å². The third kappa shape index (κ3) is 5.26. The van der Waals surface area contributed by atoms with Gasteiger partial charge in [0, 0.05) is 5.92 Å². The third-order valence-electron chi connectivity index (χ3n) is 4.00. The molecule has 0 heterocycles. The van der Waals surface area contributed by atoms with Gasteiger partial charge in [0.2, 0.25) is 5.91 Å². The first kappa shape index (κ1) is 17.8. The first-order chi connectivity index (χ1) is 11.6. The van der Waals surface area contributed by atoms with Gasteiger partial charge >= 0.3 is 0 Å². The molecule has 0 aromatic heterocycles. The summed E-state index contributed by atoms with van der Waals surface area (Å²) in [4.78, 5) is 23.6. The van der Waals surface area contributed by atoms with E-state index in [1.807, 2.05) is 0 Å². The number of nitrogens with zero attached hydrogens (tertiary/aromatic N) is 1. The highest BCUT2D eigenvalue weighted by Crippen LogP contribution is 2.25. The standard InChI is InChI=1S/C17H23N3O4/c1-24-15-8-7-12(9-14(15)21)10-19-20-16(22)11-18-17(23)13-5-3-2-4-6-13/h7-10,13,21H,2-6,11H2,1H3,(H,18,23)(H,20,22)/b19-10+. The Morgan fingerprint density at radius 1 is 1.33 bits per heavy atom. The van der Waals surface area contributed by atoms with Crippen molar-refractivity contribution in [1.82, 2.24) is 10.7 Å². The van der Waals surface area contributed by atoms with E-state index in [-0.39, 0.29) is 24.1 Å². The van der Waals surface area contributed by atoms with Crippen molar-refractivity contribution in [2.45, 2.75) is 32.1 Å². The average Bonchev–Trinajstić information content (AvgIpc) is 2.60. The van der Waals surface area contributed by atoms with Crippen LogP contribution in [0.15, 0.2) is 23.3 Å². The van der Waals surface area contributed by atoms with Crippen molar-refractivity contribution in [3.8, 4) is 11.5 Å². The third-order valence-corrected chi connectivity index (χ3v) is 4.00. The van der Waals surface area contributed by atoms with E-state index in [1.165, 1.54) is 25.8 Å². The minimum Gasteiger partial charge on any atom is -0.504 e. The van der Waals surface area contributed by atoms with Crippen molar-refractivity contribution in [2.75, 3.05) is 13.7 Å². The van der Waals surface area contributed by atoms with Crippen LogP contribution in [-0.2, 0) is 9.59 Å². The molecule has 1 fully saturated rings. The highest BCUT2D eigenvalue weighted by Gasteiger charge is 2.21. The predicted octanol–water partition coefficient (Wildman–Crippen LogP) is 1.55. The lowest BCUT2D eigenvalue weighted by Crippen LogP contribution is -2.38. The highest BCUT2D eigenvalue weighted by molar-refractivity contribution is 5.87. The van der Waals surface area contributed by atoms with E-state index in [2.05, 4.69) is 15.8 Å². The van der Waals surface area contributed by atoms with Crippen LogP contribution in [0, 0.1) is 5.92 Å². The molecule has 0 radical (unpaired) electrons. The fourth-order valence-corrected chi connectivity index (χ4v) is 2.68. The van der Waals surface area contributed by atoms with Gasteiger partial charge in [0.25, 0.3) is 5.91 Å². The first-order valence-corrected chi connectivity index (χ1v) is 8.07. The van der Waals surface area contributed by atoms with E-state index >= 15 is 0 Å². The first-order valence-electron chi connectivity index (χ1n) is 8.07. The molecular weight excluding hydrogens is 310 g/mol. The molecular formula is C17H23N3O4. The molecule has 7 nitrogen and oxygen atoms in total. The van der Waals surface area contributed by atoms with Crippen molar-refractivity contribution in [3.63, 3.8) is 0 Å². The van der Waals surface area contributed by atoms with E-state index < -0.39 is 5.91 Å². The largest absolute Gasteiger partial charge is 0.504 e. The number of ether oxygens (including phenoxy) is 1. The zero-order valence-electron chi connectivity index (χ0n) is 13.7. The SMILES string of the molecule is COc1ccc(/C=N/NC(=O)CNC(=O)C2CCCCC2)cc1O. The molecule has 1 aromatic carbocycles. The zero-order valence-corrected chi connectivity index (χ0v) is 13.7. The number of methoxy groups -OCH3 is 1. The normalized spacial score (nSPS) is 15.2. The smallest absolute Gasteiger partial charge is 0.259 e. The molecule has 1 aliphatic carbocycles. The summed E-state index contributed by atoms with van der Waals surface area (Å²) in [6, 6.07) is 4.77. The number of hydrogen-bond donors (Lipinski definition) is 3. The Morgan fingerprint density at radius 2 is 2.08 bits per heavy atom. The molecule has 0 unspecified atom stereocenters. The van der Waals surface area contributed by atoms with Gasteiger partial charge in [0.05, 0.1) is 19.9 Å². The number of carbonyl (C=O) groups is 2. The minimum absolute atomic E-state index is 0.00692. The number of amides is 2. The fraction of sp³-hybridized carbons (Fsp3) is 0.471. The minimum atomic E-state index is -0.395. The molecule has 1 aromatic rings. The molecule has 1 saturated carbocycles. The molecule has 2 amide bonds. The van der Waals surface area contributed by atoms with E-state index in [9.17, 15) is 14.7 Å². The number of phenolic OH excluding ortho intramolecular Hbond substituents is 1. The van der Waals surface area contributed by atoms with Crippen molar-refractivity contribution in [1.29, 1.82) is 0 Å². The summed E-state index contributed by atoms with van der Waals surface area (Å²) in [5.74, 6) is -0.0755. The van der Waals surface area contributed by atoms with Gasteiger partial charge in [-0.25, -0.2) is 5.43 Å². The molecule has 1 aliphatic rings. The second kappa shape index (κ2) is 8.90. The maximum atomic E-state index is 11.9. The number of benzene rings is 1. The van der Waals surface area contributed by atoms with Gasteiger partial charge in [-0.15, -0.1) is 0 Å². The lowest BCUT2D eigenvalue weighted by Gasteiger charge is -2.20. The Labute approximate surface area is 141 Å². The molecule has 0 bridgehead atoms. The van der Waals surface area contributed by atoms with E-state index in [1.54, 1.807) is 12.1 Å². The highest BCUT2D eigenvalue weighted by atomic mass is 16.5. The summed E-state index contributed by atoms with van der Waals surface area (Å²) in [5, 5.41) is 16.1. The molecule has 0 atom stereocenters. The zero-order chi connectivity index (χ0) is 17.4. The molecule has 3 N–H and O–H groups in total. The van der Waals surface area contributed by atoms with Gasteiger partial charge in [0.15, 0.2) is 11.5 Å². The van der Waals surface area contributed by atoms with Crippen LogP contribution in [0.2, 0.25) is 0 Å². The van der Waals surface area contributed by atoms with Crippen LogP contribution < -0.4 is 15.5 Å². The number of hydrogen-bond acceptors (Lipinski definition) is 5. The van der Waals surface area contributed by atoms with Crippen LogP contribution in [0.5, 0.6) is 11.5 Å². The number of nitrogens with one attached hydrogen (secondary N) is 2. The summed E-state index contributed by atoms with van der Waals surface area (Å²) in [7, 11) is 1.46. The Morgan fingerprint density at radius 3 is 2.75 bits per heavy atom. The quantitative estimate of drug-likeness (QED) is 0.543. The van der Waals surface area contributed by atoms with Gasteiger partial charge in [-0.2, -0.15) is 5.10 Å². The van der Waals surface area contributed by atoms with Crippen LogP contribution >= 0.6 is 0 Å². The molecule has 0 spiro atoms. The molecule has 0 aliphatic heterocycles. The summed E-state index contributed by atoms with van der Waals surface area (Å²) in [6.07, 6.45) is 6.52. The van der Waals surface area contributed by atoms with Crippen molar-refractivity contribution in [2.24, 2.45) is 11.0 Å². The van der Waals surface area contributed by atoms with Crippen molar-refractivity contribution in [3.05, 3.63) is 23.8 Å². The number of hydrazone groups is 1. The van der Waals surface area contributed by atoms with Crippen LogP contribution in [0.1, 0.15) is 37.7 Å². The molecule has 2 rings (SSSR count). The second-order valence-corrected chi connectivity index (χ2v) is 5.78. The maximum absolute atomic E-state index is 11.9. The molecule has 24 heavy (non-hydrogen) atoms. The van der Waals surface area contributed by atoms with Crippen LogP contribution in [0.3, 0.4) is 0 Å². The Kier molecular flexibility index (Phi) is 6.60. The van der Waals surface area contributed by atoms with Gasteiger partial charge < -0.3 is 15.2 Å². The van der Waals surface area contributed by atoms with Gasteiger partial charge in [-0.3, -0.25) is 9.59 Å². The lowest BCUT2D eigenvalue weighted by molar-refractivity contribution is -0.129. The van der Waals surface area contributed by atoms with Gasteiger partial charge in [-0.05, 0) is 36.6 Å². The predicted molar refractivity (Wildman–Crippen MR) is 90.0 cm³/mol. The van der Waals surface area contributed by atoms with Crippen molar-refractivity contribution < 1.29 is 19.4 Å². The van der Waals surface area contributed by atoms with Crippen LogP contribution in [0.25, 0.3) is 0 Å². The lowest BCUT2D eigenvalue weighted by atomic mass is 9.89. The monoisotopic (exact) mass is 333 g/mol. The Bertz CT molecular complexity index is 610. The van der Waals surface area contributed by atoms with Crippen molar-refractivity contribution >= 4 is 18.0 Å². The average molecular weight is 333 g/mol. The van der Waals surface area contributed by atoms with Crippen LogP contribution in [-0.4, -0.2) is 36.8 Å². The Hall–Kier alpha value is -2.57. The topological polar surface area (TPSA) is 100 Å². The second-order valence-electron chi connectivity index (χ2n) is 5.78. The molecule has 130 valence electrons. The fourth-order valence-electron chi connectivity index (χ4n) is 2.68.